The number of aliphatic hydroxyl groups is 1. The number of benzene rings is 1. The van der Waals surface area contributed by atoms with Crippen molar-refractivity contribution in [3.63, 3.8) is 0 Å². The summed E-state index contributed by atoms with van der Waals surface area (Å²) in [5.74, 6) is 0.498. The first-order chi connectivity index (χ1) is 9.99. The second-order valence-corrected chi connectivity index (χ2v) is 7.85. The first-order valence-corrected chi connectivity index (χ1v) is 8.95. The highest BCUT2D eigenvalue weighted by molar-refractivity contribution is 7.92. The van der Waals surface area contributed by atoms with E-state index in [2.05, 4.69) is 0 Å². The third kappa shape index (κ3) is 3.56. The van der Waals surface area contributed by atoms with E-state index in [1.807, 2.05) is 12.1 Å². The quantitative estimate of drug-likeness (QED) is 0.848. The maximum atomic E-state index is 12.2. The topological polar surface area (TPSA) is 89.6 Å². The lowest BCUT2D eigenvalue weighted by molar-refractivity contribution is 0.133. The Morgan fingerprint density at radius 1 is 1.33 bits per heavy atom. The Morgan fingerprint density at radius 2 is 2.00 bits per heavy atom. The molecule has 0 saturated carbocycles. The zero-order valence-corrected chi connectivity index (χ0v) is 13.1. The van der Waals surface area contributed by atoms with E-state index in [1.165, 1.54) is 0 Å². The van der Waals surface area contributed by atoms with Gasteiger partial charge in [0.2, 0.25) is 0 Å². The summed E-state index contributed by atoms with van der Waals surface area (Å²) in [6.07, 6.45) is 1.06. The molecule has 1 aromatic rings. The lowest BCUT2D eigenvalue weighted by Gasteiger charge is -2.31. The molecule has 2 rings (SSSR count). The van der Waals surface area contributed by atoms with Gasteiger partial charge < -0.3 is 15.6 Å². The van der Waals surface area contributed by atoms with Crippen molar-refractivity contribution in [3.8, 4) is 5.75 Å². The Kier molecular flexibility index (Phi) is 5.24. The van der Waals surface area contributed by atoms with Gasteiger partial charge in [-0.05, 0) is 30.5 Å². The fraction of sp³-hybridized carbons (Fsp3) is 0.600. The van der Waals surface area contributed by atoms with Crippen molar-refractivity contribution in [3.05, 3.63) is 29.8 Å². The number of ether oxygens (including phenoxy) is 1. The van der Waals surface area contributed by atoms with Crippen molar-refractivity contribution in [2.45, 2.75) is 36.5 Å². The van der Waals surface area contributed by atoms with Crippen LogP contribution in [0.5, 0.6) is 5.75 Å². The first kappa shape index (κ1) is 16.3. The largest absolute Gasteiger partial charge is 0.497 e. The number of aliphatic hydroxyl groups excluding tert-OH is 1. The molecule has 0 bridgehead atoms. The molecule has 1 aliphatic heterocycles. The van der Waals surface area contributed by atoms with Crippen LogP contribution < -0.4 is 10.5 Å². The summed E-state index contributed by atoms with van der Waals surface area (Å²) in [7, 11) is -1.65. The molecule has 1 saturated heterocycles. The van der Waals surface area contributed by atoms with Gasteiger partial charge >= 0.3 is 0 Å². The van der Waals surface area contributed by atoms with Crippen LogP contribution in [0.4, 0.5) is 0 Å². The van der Waals surface area contributed by atoms with Crippen LogP contribution in [-0.2, 0) is 9.84 Å². The molecule has 21 heavy (non-hydrogen) atoms. The Morgan fingerprint density at radius 3 is 2.52 bits per heavy atom. The average molecular weight is 313 g/mol. The minimum atomic E-state index is -3.23. The standard InChI is InChI=1S/C15H23NO4S/c1-20-12-7-5-11(6-8-12)13(10-16)15(17)14-4-2-3-9-21(14,18)19/h5-8,13-15,17H,2-4,9-10,16H2,1H3. The SMILES string of the molecule is COc1ccc(C(CN)C(O)C2CCCCS2(=O)=O)cc1. The predicted molar refractivity (Wildman–Crippen MR) is 82.2 cm³/mol. The molecule has 0 radical (unpaired) electrons. The maximum Gasteiger partial charge on any atom is 0.155 e. The Balaban J connectivity index is 2.22. The zero-order chi connectivity index (χ0) is 15.5. The van der Waals surface area contributed by atoms with Crippen molar-refractivity contribution < 1.29 is 18.3 Å². The minimum absolute atomic E-state index is 0.161. The molecule has 118 valence electrons. The van der Waals surface area contributed by atoms with E-state index in [1.54, 1.807) is 19.2 Å². The molecule has 0 aliphatic carbocycles. The van der Waals surface area contributed by atoms with E-state index in [0.29, 0.717) is 18.6 Å². The van der Waals surface area contributed by atoms with Gasteiger partial charge in [-0.3, -0.25) is 0 Å². The Bertz CT molecular complexity index is 556. The molecule has 0 aromatic heterocycles. The number of hydrogen-bond acceptors (Lipinski definition) is 5. The molecule has 6 heteroatoms. The molecule has 3 atom stereocenters. The highest BCUT2D eigenvalue weighted by Gasteiger charge is 2.38. The summed E-state index contributed by atoms with van der Waals surface area (Å²) in [6, 6.07) is 7.24. The lowest BCUT2D eigenvalue weighted by atomic mass is 9.90. The monoisotopic (exact) mass is 313 g/mol. The lowest BCUT2D eigenvalue weighted by Crippen LogP contribution is -2.43. The van der Waals surface area contributed by atoms with Crippen LogP contribution in [0.1, 0.15) is 30.7 Å². The van der Waals surface area contributed by atoms with E-state index in [9.17, 15) is 13.5 Å². The van der Waals surface area contributed by atoms with Gasteiger partial charge in [0.25, 0.3) is 0 Å². The molecule has 1 aromatic carbocycles. The van der Waals surface area contributed by atoms with Crippen LogP contribution >= 0.6 is 0 Å². The number of nitrogens with two attached hydrogens (primary N) is 1. The van der Waals surface area contributed by atoms with Gasteiger partial charge in [-0.2, -0.15) is 0 Å². The van der Waals surface area contributed by atoms with Crippen molar-refractivity contribution in [1.82, 2.24) is 0 Å². The highest BCUT2D eigenvalue weighted by Crippen LogP contribution is 2.30. The first-order valence-electron chi connectivity index (χ1n) is 7.23. The van der Waals surface area contributed by atoms with Crippen LogP contribution in [0.15, 0.2) is 24.3 Å². The van der Waals surface area contributed by atoms with Crippen molar-refractivity contribution >= 4 is 9.84 Å². The second-order valence-electron chi connectivity index (χ2n) is 5.51. The van der Waals surface area contributed by atoms with E-state index in [-0.39, 0.29) is 18.2 Å². The molecule has 1 fully saturated rings. The van der Waals surface area contributed by atoms with Gasteiger partial charge in [0.05, 0.1) is 24.2 Å². The molecular formula is C15H23NO4S. The predicted octanol–water partition coefficient (Wildman–Crippen LogP) is 1.07. The summed E-state index contributed by atoms with van der Waals surface area (Å²) < 4.78 is 29.4. The third-order valence-electron chi connectivity index (χ3n) is 4.22. The fourth-order valence-electron chi connectivity index (χ4n) is 2.95. The van der Waals surface area contributed by atoms with E-state index >= 15 is 0 Å². The molecule has 0 spiro atoms. The van der Waals surface area contributed by atoms with E-state index < -0.39 is 21.2 Å². The van der Waals surface area contributed by atoms with E-state index in [0.717, 1.165) is 12.0 Å². The van der Waals surface area contributed by atoms with Crippen molar-refractivity contribution in [1.29, 1.82) is 0 Å². The molecular weight excluding hydrogens is 290 g/mol. The van der Waals surface area contributed by atoms with Crippen LogP contribution in [0.3, 0.4) is 0 Å². The summed E-state index contributed by atoms with van der Waals surface area (Å²) in [6.45, 7) is 0.208. The fourth-order valence-corrected chi connectivity index (χ4v) is 5.00. The molecule has 1 heterocycles. The molecule has 1 aliphatic rings. The van der Waals surface area contributed by atoms with Crippen LogP contribution in [-0.4, -0.2) is 44.3 Å². The van der Waals surface area contributed by atoms with Crippen molar-refractivity contribution in [2.24, 2.45) is 5.73 Å². The summed E-state index contributed by atoms with van der Waals surface area (Å²) in [5.41, 5.74) is 6.62. The van der Waals surface area contributed by atoms with Gasteiger partial charge in [0.15, 0.2) is 9.84 Å². The normalized spacial score (nSPS) is 24.2. The van der Waals surface area contributed by atoms with Crippen LogP contribution in [0.25, 0.3) is 0 Å². The van der Waals surface area contributed by atoms with Gasteiger partial charge in [-0.1, -0.05) is 18.6 Å². The maximum absolute atomic E-state index is 12.2. The minimum Gasteiger partial charge on any atom is -0.497 e. The number of sulfone groups is 1. The average Bonchev–Trinajstić information content (AvgIpc) is 2.48. The summed E-state index contributed by atoms with van der Waals surface area (Å²) >= 11 is 0. The summed E-state index contributed by atoms with van der Waals surface area (Å²) in [4.78, 5) is 0. The van der Waals surface area contributed by atoms with Gasteiger partial charge in [0, 0.05) is 12.5 Å². The zero-order valence-electron chi connectivity index (χ0n) is 12.2. The van der Waals surface area contributed by atoms with Gasteiger partial charge in [-0.15, -0.1) is 0 Å². The molecule has 3 N–H and O–H groups in total. The number of rotatable bonds is 5. The number of methoxy groups -OCH3 is 1. The Labute approximate surface area is 126 Å². The third-order valence-corrected chi connectivity index (χ3v) is 6.51. The second kappa shape index (κ2) is 6.77. The number of hydrogen-bond donors (Lipinski definition) is 2. The van der Waals surface area contributed by atoms with Crippen LogP contribution in [0, 0.1) is 0 Å². The van der Waals surface area contributed by atoms with Crippen molar-refractivity contribution in [2.75, 3.05) is 19.4 Å². The molecule has 0 amide bonds. The summed E-state index contributed by atoms with van der Waals surface area (Å²) in [5, 5.41) is 9.85. The van der Waals surface area contributed by atoms with E-state index in [4.69, 9.17) is 10.5 Å². The van der Waals surface area contributed by atoms with Gasteiger partial charge in [0.1, 0.15) is 5.75 Å². The molecule has 3 unspecified atom stereocenters. The Hall–Kier alpha value is -1.11. The van der Waals surface area contributed by atoms with Gasteiger partial charge in [-0.25, -0.2) is 8.42 Å². The molecule has 5 nitrogen and oxygen atoms in total. The highest BCUT2D eigenvalue weighted by atomic mass is 32.2. The smallest absolute Gasteiger partial charge is 0.155 e. The van der Waals surface area contributed by atoms with Crippen LogP contribution in [0.2, 0.25) is 0 Å².